The van der Waals surface area contributed by atoms with E-state index in [0.29, 0.717) is 26.3 Å². The Morgan fingerprint density at radius 3 is 2.67 bits per heavy atom. The number of carbonyl (C=O) groups is 2. The topological polar surface area (TPSA) is 62.4 Å². The SMILES string of the molecule is CC(=O)N(C[C@H]1CO1)c1ccc(N2CCOCC2=O)cc1. The Morgan fingerprint density at radius 2 is 2.10 bits per heavy atom. The highest BCUT2D eigenvalue weighted by atomic mass is 16.6. The maximum atomic E-state index is 11.8. The lowest BCUT2D eigenvalue weighted by atomic mass is 10.2. The Morgan fingerprint density at radius 1 is 1.38 bits per heavy atom. The fourth-order valence-electron chi connectivity index (χ4n) is 2.40. The second-order valence-electron chi connectivity index (χ2n) is 5.20. The first-order valence-electron chi connectivity index (χ1n) is 7.03. The lowest BCUT2D eigenvalue weighted by Crippen LogP contribution is -2.41. The summed E-state index contributed by atoms with van der Waals surface area (Å²) in [5.74, 6) is -0.0514. The minimum atomic E-state index is -0.0381. The summed E-state index contributed by atoms with van der Waals surface area (Å²) >= 11 is 0. The molecule has 0 aromatic heterocycles. The van der Waals surface area contributed by atoms with E-state index in [1.807, 2.05) is 24.3 Å². The van der Waals surface area contributed by atoms with Gasteiger partial charge < -0.3 is 19.3 Å². The van der Waals surface area contributed by atoms with Gasteiger partial charge in [-0.1, -0.05) is 0 Å². The molecule has 2 saturated heterocycles. The highest BCUT2D eigenvalue weighted by molar-refractivity contribution is 5.96. The van der Waals surface area contributed by atoms with Crippen molar-refractivity contribution < 1.29 is 19.1 Å². The first-order valence-corrected chi connectivity index (χ1v) is 7.03. The number of morpholine rings is 1. The van der Waals surface area contributed by atoms with Crippen LogP contribution in [0.4, 0.5) is 11.4 Å². The van der Waals surface area contributed by atoms with Crippen molar-refractivity contribution in [1.29, 1.82) is 0 Å². The van der Waals surface area contributed by atoms with Crippen LogP contribution >= 0.6 is 0 Å². The highest BCUT2D eigenvalue weighted by Gasteiger charge is 2.27. The number of hydrogen-bond acceptors (Lipinski definition) is 4. The standard InChI is InChI=1S/C15H18N2O4/c1-11(18)17(8-14-9-21-14)13-4-2-12(3-5-13)16-6-7-20-10-15(16)19/h2-5,14H,6-10H2,1H3/t14-/m0/s1. The van der Waals surface area contributed by atoms with Gasteiger partial charge in [-0.05, 0) is 24.3 Å². The van der Waals surface area contributed by atoms with E-state index in [9.17, 15) is 9.59 Å². The summed E-state index contributed by atoms with van der Waals surface area (Å²) in [7, 11) is 0. The number of anilines is 2. The monoisotopic (exact) mass is 290 g/mol. The maximum Gasteiger partial charge on any atom is 0.253 e. The van der Waals surface area contributed by atoms with Crippen LogP contribution in [-0.2, 0) is 19.1 Å². The van der Waals surface area contributed by atoms with Gasteiger partial charge in [-0.3, -0.25) is 9.59 Å². The van der Waals surface area contributed by atoms with Gasteiger partial charge in [-0.15, -0.1) is 0 Å². The number of nitrogens with zero attached hydrogens (tertiary/aromatic N) is 2. The summed E-state index contributed by atoms with van der Waals surface area (Å²) in [5, 5.41) is 0. The van der Waals surface area contributed by atoms with Gasteiger partial charge in [-0.2, -0.15) is 0 Å². The fourth-order valence-corrected chi connectivity index (χ4v) is 2.40. The molecule has 1 atom stereocenters. The van der Waals surface area contributed by atoms with Gasteiger partial charge in [0.2, 0.25) is 5.91 Å². The first-order chi connectivity index (χ1) is 10.1. The number of amides is 2. The van der Waals surface area contributed by atoms with E-state index in [0.717, 1.165) is 11.4 Å². The highest BCUT2D eigenvalue weighted by Crippen LogP contribution is 2.24. The van der Waals surface area contributed by atoms with Gasteiger partial charge in [0.1, 0.15) is 6.61 Å². The van der Waals surface area contributed by atoms with E-state index in [1.165, 1.54) is 0 Å². The fraction of sp³-hybridized carbons (Fsp3) is 0.467. The third kappa shape index (κ3) is 3.22. The summed E-state index contributed by atoms with van der Waals surface area (Å²) in [6, 6.07) is 7.45. The Labute approximate surface area is 123 Å². The predicted molar refractivity (Wildman–Crippen MR) is 77.4 cm³/mol. The largest absolute Gasteiger partial charge is 0.371 e. The van der Waals surface area contributed by atoms with E-state index in [-0.39, 0.29) is 24.5 Å². The average Bonchev–Trinajstić information content (AvgIpc) is 3.29. The average molecular weight is 290 g/mol. The maximum absolute atomic E-state index is 11.8. The zero-order valence-electron chi connectivity index (χ0n) is 11.9. The van der Waals surface area contributed by atoms with Gasteiger partial charge in [0, 0.05) is 24.8 Å². The van der Waals surface area contributed by atoms with Crippen molar-refractivity contribution in [3.8, 4) is 0 Å². The van der Waals surface area contributed by atoms with Crippen LogP contribution in [0.2, 0.25) is 0 Å². The lowest BCUT2D eigenvalue weighted by Gasteiger charge is -2.27. The molecule has 112 valence electrons. The summed E-state index contributed by atoms with van der Waals surface area (Å²) in [4.78, 5) is 26.9. The first kappa shape index (κ1) is 14.0. The Hall–Kier alpha value is -1.92. The van der Waals surface area contributed by atoms with Crippen LogP contribution in [0, 0.1) is 0 Å². The van der Waals surface area contributed by atoms with E-state index in [2.05, 4.69) is 0 Å². The molecule has 0 saturated carbocycles. The molecule has 6 heteroatoms. The number of rotatable bonds is 4. The molecule has 21 heavy (non-hydrogen) atoms. The second-order valence-corrected chi connectivity index (χ2v) is 5.20. The number of ether oxygens (including phenoxy) is 2. The predicted octanol–water partition coefficient (Wildman–Crippen LogP) is 0.801. The Balaban J connectivity index is 1.75. The van der Waals surface area contributed by atoms with E-state index in [4.69, 9.17) is 9.47 Å². The van der Waals surface area contributed by atoms with Crippen LogP contribution in [0.15, 0.2) is 24.3 Å². The van der Waals surface area contributed by atoms with Gasteiger partial charge in [-0.25, -0.2) is 0 Å². The van der Waals surface area contributed by atoms with Crippen molar-refractivity contribution in [3.05, 3.63) is 24.3 Å². The molecular weight excluding hydrogens is 272 g/mol. The van der Waals surface area contributed by atoms with Gasteiger partial charge >= 0.3 is 0 Å². The molecule has 6 nitrogen and oxygen atoms in total. The van der Waals surface area contributed by atoms with Crippen molar-refractivity contribution in [3.63, 3.8) is 0 Å². The molecule has 2 amide bonds. The molecule has 0 spiro atoms. The molecule has 2 aliphatic rings. The van der Waals surface area contributed by atoms with Gasteiger partial charge in [0.25, 0.3) is 5.91 Å². The molecule has 0 aliphatic carbocycles. The second kappa shape index (κ2) is 5.83. The van der Waals surface area contributed by atoms with Crippen LogP contribution in [0.1, 0.15) is 6.92 Å². The van der Waals surface area contributed by atoms with Crippen LogP contribution in [-0.4, -0.2) is 50.8 Å². The molecule has 0 N–H and O–H groups in total. The molecule has 0 bridgehead atoms. The summed E-state index contributed by atoms with van der Waals surface area (Å²) in [6.07, 6.45) is 0.148. The van der Waals surface area contributed by atoms with Crippen molar-refractivity contribution in [2.75, 3.05) is 42.7 Å². The van der Waals surface area contributed by atoms with Crippen LogP contribution in [0.25, 0.3) is 0 Å². The minimum absolute atomic E-state index is 0.0132. The number of epoxide rings is 1. The zero-order valence-corrected chi connectivity index (χ0v) is 11.9. The summed E-state index contributed by atoms with van der Waals surface area (Å²) in [6.45, 7) is 4.06. The van der Waals surface area contributed by atoms with Gasteiger partial charge in [0.05, 0.1) is 25.9 Å². The number of benzene rings is 1. The third-order valence-corrected chi connectivity index (χ3v) is 3.63. The molecule has 2 heterocycles. The molecule has 0 unspecified atom stereocenters. The molecule has 1 aromatic carbocycles. The number of carbonyl (C=O) groups excluding carboxylic acids is 2. The molecular formula is C15H18N2O4. The molecule has 2 aliphatic heterocycles. The van der Waals surface area contributed by atoms with Crippen LogP contribution < -0.4 is 9.80 Å². The minimum Gasteiger partial charge on any atom is -0.371 e. The van der Waals surface area contributed by atoms with E-state index in [1.54, 1.807) is 16.7 Å². The van der Waals surface area contributed by atoms with Crippen molar-refractivity contribution in [2.24, 2.45) is 0 Å². The summed E-state index contributed by atoms with van der Waals surface area (Å²) < 4.78 is 10.3. The molecule has 1 aromatic rings. The van der Waals surface area contributed by atoms with Crippen molar-refractivity contribution >= 4 is 23.2 Å². The third-order valence-electron chi connectivity index (χ3n) is 3.63. The molecule has 2 fully saturated rings. The quantitative estimate of drug-likeness (QED) is 0.770. The number of hydrogen-bond donors (Lipinski definition) is 0. The van der Waals surface area contributed by atoms with Crippen molar-refractivity contribution in [1.82, 2.24) is 0 Å². The normalized spacial score (nSPS) is 21.3. The molecule has 3 rings (SSSR count). The summed E-state index contributed by atoms with van der Waals surface area (Å²) in [5.41, 5.74) is 1.65. The van der Waals surface area contributed by atoms with Crippen LogP contribution in [0.3, 0.4) is 0 Å². The smallest absolute Gasteiger partial charge is 0.253 e. The van der Waals surface area contributed by atoms with E-state index < -0.39 is 0 Å². The van der Waals surface area contributed by atoms with Crippen LogP contribution in [0.5, 0.6) is 0 Å². The van der Waals surface area contributed by atoms with Gasteiger partial charge in [0.15, 0.2) is 0 Å². The van der Waals surface area contributed by atoms with E-state index >= 15 is 0 Å². The Bertz CT molecular complexity index is 539. The lowest BCUT2D eigenvalue weighted by molar-refractivity contribution is -0.125. The molecule has 0 radical (unpaired) electrons. The van der Waals surface area contributed by atoms with Crippen molar-refractivity contribution in [2.45, 2.75) is 13.0 Å². The zero-order chi connectivity index (χ0) is 14.8. The Kier molecular flexibility index (Phi) is 3.90.